The van der Waals surface area contributed by atoms with E-state index in [1.165, 1.54) is 17.4 Å². The van der Waals surface area contributed by atoms with Crippen molar-refractivity contribution >= 4 is 28.6 Å². The Morgan fingerprint density at radius 1 is 1.41 bits per heavy atom. The van der Waals surface area contributed by atoms with Crippen LogP contribution < -0.4 is 10.6 Å². The van der Waals surface area contributed by atoms with Gasteiger partial charge in [0.1, 0.15) is 5.82 Å². The zero-order chi connectivity index (χ0) is 15.4. The quantitative estimate of drug-likeness (QED) is 0.882. The highest BCUT2D eigenvalue weighted by Crippen LogP contribution is 2.21. The van der Waals surface area contributed by atoms with Crippen LogP contribution in [0.3, 0.4) is 0 Å². The van der Waals surface area contributed by atoms with Crippen molar-refractivity contribution in [1.29, 1.82) is 0 Å². The summed E-state index contributed by atoms with van der Waals surface area (Å²) < 4.78 is 19.6. The topological polar surface area (TPSA) is 50.4 Å². The summed E-state index contributed by atoms with van der Waals surface area (Å²) in [5, 5.41) is 9.32. The largest absolute Gasteiger partial charge is 0.380 e. The lowest BCUT2D eigenvalue weighted by atomic mass is 10.2. The maximum Gasteiger partial charge on any atom is 0.256 e. The first-order chi connectivity index (χ1) is 10.7. The number of hydrogen-bond donors (Lipinski definition) is 2. The zero-order valence-corrected chi connectivity index (χ0v) is 12.8. The molecule has 116 valence electrons. The van der Waals surface area contributed by atoms with Crippen molar-refractivity contribution in [2.45, 2.75) is 18.9 Å². The predicted molar refractivity (Wildman–Crippen MR) is 86.1 cm³/mol. The Labute approximate surface area is 132 Å². The van der Waals surface area contributed by atoms with E-state index < -0.39 is 0 Å². The van der Waals surface area contributed by atoms with Crippen molar-refractivity contribution in [3.63, 3.8) is 0 Å². The fraction of sp³-hybridized carbons (Fsp3) is 0.312. The van der Waals surface area contributed by atoms with Gasteiger partial charge in [0.05, 0.1) is 17.4 Å². The molecule has 1 aliphatic rings. The molecule has 0 bridgehead atoms. The minimum atomic E-state index is -0.388. The summed E-state index contributed by atoms with van der Waals surface area (Å²) in [5.41, 5.74) is 1.44. The van der Waals surface area contributed by atoms with Gasteiger partial charge in [-0.3, -0.25) is 4.79 Å². The molecule has 0 spiro atoms. The van der Waals surface area contributed by atoms with Crippen molar-refractivity contribution in [3.8, 4) is 0 Å². The number of hydrogen-bond acceptors (Lipinski definition) is 4. The molecule has 0 radical (unpaired) electrons. The summed E-state index contributed by atoms with van der Waals surface area (Å²) >= 11 is 1.45. The van der Waals surface area contributed by atoms with Crippen molar-refractivity contribution in [2.75, 3.05) is 23.8 Å². The molecule has 1 fully saturated rings. The van der Waals surface area contributed by atoms with Crippen molar-refractivity contribution in [2.24, 2.45) is 0 Å². The van der Waals surface area contributed by atoms with Gasteiger partial charge in [-0.1, -0.05) is 0 Å². The molecular weight excluding hydrogens is 303 g/mol. The highest BCUT2D eigenvalue weighted by Gasteiger charge is 2.16. The first kappa shape index (κ1) is 15.0. The van der Waals surface area contributed by atoms with Gasteiger partial charge in [0.15, 0.2) is 0 Å². The van der Waals surface area contributed by atoms with Crippen LogP contribution in [0.2, 0.25) is 0 Å². The molecule has 0 unspecified atom stereocenters. The molecule has 0 aliphatic carbocycles. The van der Waals surface area contributed by atoms with Gasteiger partial charge in [0.2, 0.25) is 0 Å². The van der Waals surface area contributed by atoms with Crippen LogP contribution in [0.5, 0.6) is 0 Å². The summed E-state index contributed by atoms with van der Waals surface area (Å²) in [6.07, 6.45) is 2.21. The second-order valence-electron chi connectivity index (χ2n) is 5.18. The maximum atomic E-state index is 14.1. The number of amides is 1. The Hall–Kier alpha value is -1.92. The third-order valence-electron chi connectivity index (χ3n) is 3.55. The monoisotopic (exact) mass is 320 g/mol. The smallest absolute Gasteiger partial charge is 0.256 e. The van der Waals surface area contributed by atoms with E-state index in [1.54, 1.807) is 23.6 Å². The molecule has 4 nitrogen and oxygen atoms in total. The van der Waals surface area contributed by atoms with Crippen LogP contribution in [0.1, 0.15) is 23.2 Å². The van der Waals surface area contributed by atoms with E-state index in [0.717, 1.165) is 19.4 Å². The Balaban J connectivity index is 1.60. The fourth-order valence-electron chi connectivity index (χ4n) is 2.36. The van der Waals surface area contributed by atoms with Gasteiger partial charge in [-0.15, -0.1) is 0 Å². The summed E-state index contributed by atoms with van der Waals surface area (Å²) in [6.45, 7) is 1.37. The number of halogens is 1. The zero-order valence-electron chi connectivity index (χ0n) is 12.0. The molecule has 2 N–H and O–H groups in total. The summed E-state index contributed by atoms with van der Waals surface area (Å²) in [6, 6.07) is 6.37. The Bertz CT molecular complexity index is 640. The van der Waals surface area contributed by atoms with Gasteiger partial charge in [0.25, 0.3) is 5.91 Å². The second-order valence-corrected chi connectivity index (χ2v) is 5.96. The SMILES string of the molecule is O=C(Nc1ccc(NC[C@@H]2CCCO2)c(F)c1)c1ccsc1. The van der Waals surface area contributed by atoms with Crippen molar-refractivity contribution in [1.82, 2.24) is 0 Å². The maximum absolute atomic E-state index is 14.1. The van der Waals surface area contributed by atoms with Crippen LogP contribution >= 0.6 is 11.3 Å². The molecule has 0 saturated carbocycles. The lowest BCUT2D eigenvalue weighted by molar-refractivity contribution is 0.102. The number of ether oxygens (including phenoxy) is 1. The van der Waals surface area contributed by atoms with Crippen molar-refractivity contribution in [3.05, 3.63) is 46.4 Å². The molecule has 1 saturated heterocycles. The average molecular weight is 320 g/mol. The van der Waals surface area contributed by atoms with E-state index in [4.69, 9.17) is 4.74 Å². The minimum absolute atomic E-state index is 0.150. The van der Waals surface area contributed by atoms with Crippen LogP contribution in [0.4, 0.5) is 15.8 Å². The Morgan fingerprint density at radius 2 is 2.32 bits per heavy atom. The van der Waals surface area contributed by atoms with E-state index in [9.17, 15) is 9.18 Å². The van der Waals surface area contributed by atoms with E-state index in [2.05, 4.69) is 10.6 Å². The van der Waals surface area contributed by atoms with E-state index in [0.29, 0.717) is 23.5 Å². The van der Waals surface area contributed by atoms with Gasteiger partial charge in [-0.05, 0) is 42.5 Å². The standard InChI is InChI=1S/C16H17FN2O2S/c17-14-8-12(19-16(20)11-5-7-22-10-11)3-4-15(14)18-9-13-2-1-6-21-13/h3-5,7-8,10,13,18H,1-2,6,9H2,(H,19,20)/t13-/m0/s1. The first-order valence-electron chi connectivity index (χ1n) is 7.21. The molecule has 2 heterocycles. The van der Waals surface area contributed by atoms with Gasteiger partial charge >= 0.3 is 0 Å². The summed E-state index contributed by atoms with van der Waals surface area (Å²) in [7, 11) is 0. The summed E-state index contributed by atoms with van der Waals surface area (Å²) in [4.78, 5) is 11.9. The van der Waals surface area contributed by atoms with E-state index >= 15 is 0 Å². The number of carbonyl (C=O) groups excluding carboxylic acids is 1. The molecule has 1 atom stereocenters. The van der Waals surface area contributed by atoms with E-state index in [-0.39, 0.29) is 17.8 Å². The molecule has 1 aliphatic heterocycles. The van der Waals surface area contributed by atoms with Gasteiger partial charge in [-0.25, -0.2) is 4.39 Å². The number of rotatable bonds is 5. The highest BCUT2D eigenvalue weighted by molar-refractivity contribution is 7.08. The second kappa shape index (κ2) is 6.89. The average Bonchev–Trinajstić information content (AvgIpc) is 3.20. The Kier molecular flexibility index (Phi) is 4.70. The van der Waals surface area contributed by atoms with Gasteiger partial charge < -0.3 is 15.4 Å². The minimum Gasteiger partial charge on any atom is -0.380 e. The third-order valence-corrected chi connectivity index (χ3v) is 4.24. The number of nitrogens with one attached hydrogen (secondary N) is 2. The number of benzene rings is 1. The van der Waals surface area contributed by atoms with E-state index in [1.807, 2.05) is 5.38 Å². The Morgan fingerprint density at radius 3 is 3.00 bits per heavy atom. The van der Waals surface area contributed by atoms with Crippen LogP contribution in [0.25, 0.3) is 0 Å². The van der Waals surface area contributed by atoms with Crippen LogP contribution in [-0.2, 0) is 4.74 Å². The molecule has 2 aromatic rings. The van der Waals surface area contributed by atoms with Crippen LogP contribution in [0.15, 0.2) is 35.0 Å². The van der Waals surface area contributed by atoms with Crippen LogP contribution in [0, 0.1) is 5.82 Å². The molecule has 1 amide bonds. The third kappa shape index (κ3) is 3.64. The molecule has 1 aromatic heterocycles. The number of anilines is 2. The molecule has 6 heteroatoms. The molecule has 3 rings (SSSR count). The van der Waals surface area contributed by atoms with Gasteiger partial charge in [-0.2, -0.15) is 11.3 Å². The number of carbonyl (C=O) groups is 1. The highest BCUT2D eigenvalue weighted by atomic mass is 32.1. The van der Waals surface area contributed by atoms with Gasteiger partial charge in [0, 0.05) is 24.2 Å². The molecular formula is C16H17FN2O2S. The van der Waals surface area contributed by atoms with Crippen LogP contribution in [-0.4, -0.2) is 25.2 Å². The lowest BCUT2D eigenvalue weighted by Gasteiger charge is -2.13. The normalized spacial score (nSPS) is 17.4. The number of thiophene rings is 1. The molecule has 22 heavy (non-hydrogen) atoms. The van der Waals surface area contributed by atoms with Crippen molar-refractivity contribution < 1.29 is 13.9 Å². The lowest BCUT2D eigenvalue weighted by Crippen LogP contribution is -2.19. The predicted octanol–water partition coefficient (Wildman–Crippen LogP) is 3.73. The first-order valence-corrected chi connectivity index (χ1v) is 8.15. The summed E-state index contributed by atoms with van der Waals surface area (Å²) in [5.74, 6) is -0.623. The fourth-order valence-corrected chi connectivity index (χ4v) is 3.00. The molecule has 1 aromatic carbocycles.